The molecule has 8 atom stereocenters. The van der Waals surface area contributed by atoms with E-state index in [-0.39, 0.29) is 60.7 Å². The lowest BCUT2D eigenvalue weighted by Gasteiger charge is -2.45. The molecule has 52 heavy (non-hydrogen) atoms. The molecule has 3 amide bonds. The van der Waals surface area contributed by atoms with Gasteiger partial charge in [0.25, 0.3) is 0 Å². The van der Waals surface area contributed by atoms with E-state index in [4.69, 9.17) is 14.2 Å². The highest BCUT2D eigenvalue weighted by atomic mass is 79.9. The van der Waals surface area contributed by atoms with Crippen molar-refractivity contribution < 1.29 is 38.5 Å². The van der Waals surface area contributed by atoms with E-state index < -0.39 is 53.2 Å². The number of allylic oxidation sites excluding steroid dienone is 1. The molecule has 0 aliphatic carbocycles. The predicted molar refractivity (Wildman–Crippen MR) is 202 cm³/mol. The molecule has 11 nitrogen and oxygen atoms in total. The SMILES string of the molecule is C=CCCC(=O)N[C@H](COC)[C@H](OC(=O)[C@H]1[C@@H]2O[C@@]3(CC2Br)[C@@H]1C(=O)N(CCCCO)[C@@H]3C(=O)N(CC=C)C(C)(C)CC(C)(C)C)c1ccccc1. The number of hydrogen-bond acceptors (Lipinski definition) is 8. The zero-order valence-electron chi connectivity index (χ0n) is 31.6. The van der Waals surface area contributed by atoms with Crippen molar-refractivity contribution >= 4 is 39.6 Å². The summed E-state index contributed by atoms with van der Waals surface area (Å²) in [6.07, 6.45) is 4.32. The fraction of sp³-hybridized carbons (Fsp3) is 0.650. The lowest BCUT2D eigenvalue weighted by atomic mass is 9.70. The Hall–Kier alpha value is -3.06. The molecule has 1 spiro atoms. The highest BCUT2D eigenvalue weighted by molar-refractivity contribution is 9.09. The summed E-state index contributed by atoms with van der Waals surface area (Å²) in [4.78, 5) is 60.3. The van der Waals surface area contributed by atoms with Crippen LogP contribution in [-0.4, -0.2) is 106 Å². The number of fused-ring (bicyclic) bond motifs is 1. The first-order valence-corrected chi connectivity index (χ1v) is 19.3. The van der Waals surface area contributed by atoms with Gasteiger partial charge in [-0.25, -0.2) is 0 Å². The Morgan fingerprint density at radius 2 is 1.85 bits per heavy atom. The van der Waals surface area contributed by atoms with Gasteiger partial charge in [-0.15, -0.1) is 13.2 Å². The number of carbonyl (C=O) groups excluding carboxylic acids is 4. The molecule has 3 saturated heterocycles. The smallest absolute Gasteiger partial charge is 0.313 e. The molecule has 3 aliphatic rings. The predicted octanol–water partition coefficient (Wildman–Crippen LogP) is 5.12. The number of nitrogens with one attached hydrogen (secondary N) is 1. The fourth-order valence-corrected chi connectivity index (χ4v) is 9.69. The topological polar surface area (TPSA) is 135 Å². The summed E-state index contributed by atoms with van der Waals surface area (Å²) in [5, 5.41) is 12.6. The fourth-order valence-electron chi connectivity index (χ4n) is 8.74. The Morgan fingerprint density at radius 1 is 1.15 bits per heavy atom. The minimum atomic E-state index is -1.29. The van der Waals surface area contributed by atoms with Gasteiger partial charge in [0.05, 0.1) is 30.6 Å². The summed E-state index contributed by atoms with van der Waals surface area (Å²) >= 11 is 3.76. The molecule has 288 valence electrons. The van der Waals surface area contributed by atoms with Crippen molar-refractivity contribution in [1.29, 1.82) is 0 Å². The highest BCUT2D eigenvalue weighted by Crippen LogP contribution is 2.61. The highest BCUT2D eigenvalue weighted by Gasteiger charge is 2.77. The minimum Gasteiger partial charge on any atom is -0.455 e. The van der Waals surface area contributed by atoms with Gasteiger partial charge in [-0.3, -0.25) is 19.2 Å². The maximum absolute atomic E-state index is 15.0. The molecular formula is C40H58BrN3O8. The lowest BCUT2D eigenvalue weighted by molar-refractivity contribution is -0.163. The number of esters is 1. The summed E-state index contributed by atoms with van der Waals surface area (Å²) in [5.41, 5.74) is -1.35. The van der Waals surface area contributed by atoms with E-state index in [1.54, 1.807) is 22.0 Å². The van der Waals surface area contributed by atoms with E-state index in [2.05, 4.69) is 55.2 Å². The van der Waals surface area contributed by atoms with Gasteiger partial charge in [0.15, 0.2) is 0 Å². The third-order valence-corrected chi connectivity index (χ3v) is 11.2. The van der Waals surface area contributed by atoms with Crippen molar-refractivity contribution in [2.24, 2.45) is 17.3 Å². The van der Waals surface area contributed by atoms with Gasteiger partial charge in [0.1, 0.15) is 17.7 Å². The van der Waals surface area contributed by atoms with Gasteiger partial charge < -0.3 is 34.4 Å². The Morgan fingerprint density at radius 3 is 2.44 bits per heavy atom. The van der Waals surface area contributed by atoms with Crippen LogP contribution in [0.3, 0.4) is 0 Å². The summed E-state index contributed by atoms with van der Waals surface area (Å²) in [6.45, 7) is 18.6. The second-order valence-corrected chi connectivity index (χ2v) is 17.3. The minimum absolute atomic E-state index is 0.0545. The Kier molecular flexibility index (Phi) is 13.9. The number of aliphatic hydroxyl groups is 1. The van der Waals surface area contributed by atoms with Crippen molar-refractivity contribution in [3.05, 3.63) is 61.2 Å². The van der Waals surface area contributed by atoms with Crippen LogP contribution in [-0.2, 0) is 33.4 Å². The third kappa shape index (κ3) is 8.83. The molecule has 0 radical (unpaired) electrons. The van der Waals surface area contributed by atoms with E-state index in [0.29, 0.717) is 37.7 Å². The molecule has 1 aromatic carbocycles. The molecule has 2 N–H and O–H groups in total. The zero-order chi connectivity index (χ0) is 38.4. The molecule has 2 bridgehead atoms. The monoisotopic (exact) mass is 787 g/mol. The maximum atomic E-state index is 15.0. The number of halogens is 1. The number of aliphatic hydroxyl groups excluding tert-OH is 1. The van der Waals surface area contributed by atoms with Gasteiger partial charge in [-0.1, -0.05) is 79.2 Å². The summed E-state index contributed by atoms with van der Waals surface area (Å²) in [6, 6.07) is 7.38. The van der Waals surface area contributed by atoms with Gasteiger partial charge in [-0.05, 0) is 56.9 Å². The van der Waals surface area contributed by atoms with Crippen molar-refractivity contribution in [2.45, 2.75) is 113 Å². The van der Waals surface area contributed by atoms with Gasteiger partial charge in [0, 0.05) is 43.6 Å². The molecule has 3 heterocycles. The Labute approximate surface area is 317 Å². The van der Waals surface area contributed by atoms with Crippen LogP contribution in [0.1, 0.15) is 84.8 Å². The molecule has 1 unspecified atom stereocenters. The number of benzene rings is 1. The van der Waals surface area contributed by atoms with E-state index in [9.17, 15) is 19.5 Å². The number of ether oxygens (including phenoxy) is 3. The largest absolute Gasteiger partial charge is 0.455 e. The number of alkyl halides is 1. The first kappa shape index (κ1) is 41.7. The number of nitrogens with zero attached hydrogens (tertiary/aromatic N) is 2. The van der Waals surface area contributed by atoms with Gasteiger partial charge in [-0.2, -0.15) is 0 Å². The summed E-state index contributed by atoms with van der Waals surface area (Å²) in [7, 11) is 1.51. The normalized spacial score (nSPS) is 26.4. The second-order valence-electron chi connectivity index (χ2n) is 16.1. The quantitative estimate of drug-likeness (QED) is 0.0855. The average molecular weight is 789 g/mol. The van der Waals surface area contributed by atoms with Crippen LogP contribution in [0.2, 0.25) is 0 Å². The van der Waals surface area contributed by atoms with Crippen LogP contribution in [0.25, 0.3) is 0 Å². The number of rotatable bonds is 19. The number of amides is 3. The van der Waals surface area contributed by atoms with Gasteiger partial charge in [0.2, 0.25) is 17.7 Å². The van der Waals surface area contributed by atoms with E-state index in [1.807, 2.05) is 44.2 Å². The number of hydrogen-bond donors (Lipinski definition) is 2. The standard InChI is InChI=1S/C40H58BrN3O8/c1-9-11-19-29(46)42-28(24-50-8)32(26-17-13-12-14-18-26)51-37(49)30-31-35(47)43(21-15-16-22-45)34(40(31)23-27(41)33(30)52-40)36(48)44(20-10-2)39(6,7)25-38(3,4)5/h9-10,12-14,17-18,27-28,30-34,45H,1-2,11,15-16,19-25H2,3-8H3,(H,42,46)/t27?,28-,30-,31+,32-,33-,34-,40+/m1/s1. The molecule has 3 aliphatic heterocycles. The average Bonchev–Trinajstić information content (AvgIpc) is 3.67. The van der Waals surface area contributed by atoms with E-state index in [0.717, 1.165) is 0 Å². The van der Waals surface area contributed by atoms with Crippen LogP contribution in [0.5, 0.6) is 0 Å². The van der Waals surface area contributed by atoms with Crippen molar-refractivity contribution in [3.8, 4) is 0 Å². The van der Waals surface area contributed by atoms with E-state index in [1.165, 1.54) is 7.11 Å². The van der Waals surface area contributed by atoms with Crippen LogP contribution < -0.4 is 5.32 Å². The number of methoxy groups -OCH3 is 1. The number of unbranched alkanes of at least 4 members (excludes halogenated alkanes) is 1. The molecule has 0 aromatic heterocycles. The van der Waals surface area contributed by atoms with Crippen molar-refractivity contribution in [2.75, 3.05) is 33.4 Å². The molecule has 1 aromatic rings. The number of carbonyl (C=O) groups is 4. The third-order valence-electron chi connectivity index (χ3n) is 10.4. The Bertz CT molecular complexity index is 1450. The first-order valence-electron chi connectivity index (χ1n) is 18.4. The molecule has 3 fully saturated rings. The molecule has 0 saturated carbocycles. The summed E-state index contributed by atoms with van der Waals surface area (Å²) in [5.74, 6) is -3.49. The zero-order valence-corrected chi connectivity index (χ0v) is 33.2. The molecule has 12 heteroatoms. The first-order chi connectivity index (χ1) is 24.6. The van der Waals surface area contributed by atoms with Crippen LogP contribution >= 0.6 is 15.9 Å². The molecular weight excluding hydrogens is 730 g/mol. The second kappa shape index (κ2) is 17.4. The van der Waals surface area contributed by atoms with Gasteiger partial charge >= 0.3 is 5.97 Å². The summed E-state index contributed by atoms with van der Waals surface area (Å²) < 4.78 is 18.6. The Balaban J connectivity index is 1.75. The van der Waals surface area contributed by atoms with Crippen molar-refractivity contribution in [3.63, 3.8) is 0 Å². The van der Waals surface area contributed by atoms with Crippen molar-refractivity contribution in [1.82, 2.24) is 15.1 Å². The lowest BCUT2D eigenvalue weighted by Crippen LogP contribution is -2.61. The van der Waals surface area contributed by atoms with Crippen LogP contribution in [0.15, 0.2) is 55.6 Å². The van der Waals surface area contributed by atoms with E-state index >= 15 is 4.79 Å². The van der Waals surface area contributed by atoms with Crippen LogP contribution in [0.4, 0.5) is 0 Å². The molecule has 4 rings (SSSR count). The maximum Gasteiger partial charge on any atom is 0.313 e. The number of likely N-dealkylation sites (tertiary alicyclic amines) is 1. The van der Waals surface area contributed by atoms with Crippen LogP contribution in [0, 0.1) is 17.3 Å².